The van der Waals surface area contributed by atoms with Crippen LogP contribution in [-0.4, -0.2) is 30.7 Å². The Morgan fingerprint density at radius 2 is 2.33 bits per heavy atom. The summed E-state index contributed by atoms with van der Waals surface area (Å²) in [6.45, 7) is 2.17. The fourth-order valence-electron chi connectivity index (χ4n) is 0.493. The fourth-order valence-corrected chi connectivity index (χ4v) is 0.493. The predicted molar refractivity (Wildman–Crippen MR) is 42.4 cm³/mol. The molecule has 0 aromatic rings. The molecule has 3 N–H and O–H groups in total. The summed E-state index contributed by atoms with van der Waals surface area (Å²) in [5.74, 6) is 0. The first kappa shape index (κ1) is 11.2. The van der Waals surface area contributed by atoms with Crippen LogP contribution in [0.1, 0.15) is 19.8 Å². The summed E-state index contributed by atoms with van der Waals surface area (Å²) >= 11 is 0. The van der Waals surface area contributed by atoms with Gasteiger partial charge in [0.25, 0.3) is 0 Å². The first-order chi connectivity index (χ1) is 5.70. The van der Waals surface area contributed by atoms with Gasteiger partial charge in [0.15, 0.2) is 0 Å². The van der Waals surface area contributed by atoms with Gasteiger partial charge in [0, 0.05) is 0 Å². The third-order valence-corrected chi connectivity index (χ3v) is 1.15. The van der Waals surface area contributed by atoms with Crippen LogP contribution in [0, 0.1) is 0 Å². The lowest BCUT2D eigenvalue weighted by atomic mass is 10.4. The summed E-state index contributed by atoms with van der Waals surface area (Å²) in [6, 6.07) is 0. The molecule has 5 nitrogen and oxygen atoms in total. The van der Waals surface area contributed by atoms with Crippen molar-refractivity contribution in [2.24, 2.45) is 5.73 Å². The second-order valence-electron chi connectivity index (χ2n) is 2.26. The highest BCUT2D eigenvalue weighted by Gasteiger charge is 2.09. The third-order valence-electron chi connectivity index (χ3n) is 1.15. The van der Waals surface area contributed by atoms with Crippen LogP contribution in [0.25, 0.3) is 0 Å². The number of ether oxygens (including phenoxy) is 2. The van der Waals surface area contributed by atoms with Gasteiger partial charge in [-0.2, -0.15) is 0 Å². The van der Waals surface area contributed by atoms with Crippen LogP contribution in [0.4, 0.5) is 4.79 Å². The quantitative estimate of drug-likeness (QED) is 0.356. The lowest BCUT2D eigenvalue weighted by Crippen LogP contribution is -2.26. The van der Waals surface area contributed by atoms with Gasteiger partial charge in [0.05, 0.1) is 13.2 Å². The average Bonchev–Trinajstić information content (AvgIpc) is 2.05. The maximum absolute atomic E-state index is 10.6. The number of aliphatic hydroxyl groups excluding tert-OH is 1. The fraction of sp³-hybridized carbons (Fsp3) is 0.857. The Morgan fingerprint density at radius 1 is 1.67 bits per heavy atom. The minimum absolute atomic E-state index is 0.122. The molecule has 1 unspecified atom stereocenters. The van der Waals surface area contributed by atoms with Crippen molar-refractivity contribution >= 4 is 6.16 Å². The van der Waals surface area contributed by atoms with E-state index in [0.717, 1.165) is 12.8 Å². The summed E-state index contributed by atoms with van der Waals surface area (Å²) in [7, 11) is 0. The molecule has 0 heterocycles. The highest BCUT2D eigenvalue weighted by molar-refractivity contribution is 5.59. The summed E-state index contributed by atoms with van der Waals surface area (Å²) in [4.78, 5) is 10.6. The van der Waals surface area contributed by atoms with Crippen LogP contribution >= 0.6 is 0 Å². The third kappa shape index (κ3) is 5.94. The molecule has 0 aromatic carbocycles. The number of carbonyl (C=O) groups is 1. The van der Waals surface area contributed by atoms with Crippen molar-refractivity contribution in [1.29, 1.82) is 0 Å². The molecule has 5 heteroatoms. The van der Waals surface area contributed by atoms with Gasteiger partial charge in [-0.1, -0.05) is 13.3 Å². The molecule has 72 valence electrons. The molecule has 0 rings (SSSR count). The Hall–Kier alpha value is -0.810. The van der Waals surface area contributed by atoms with Crippen molar-refractivity contribution < 1.29 is 19.4 Å². The smallest absolute Gasteiger partial charge is 0.434 e. The van der Waals surface area contributed by atoms with Gasteiger partial charge in [0.1, 0.15) is 0 Å². The predicted octanol–water partition coefficient (Wildman–Crippen LogP) is 0.217. The summed E-state index contributed by atoms with van der Waals surface area (Å²) in [6.07, 6.45) is -0.416. The molecule has 12 heavy (non-hydrogen) atoms. The number of aliphatic hydroxyl groups is 1. The summed E-state index contributed by atoms with van der Waals surface area (Å²) in [5, 5.41) is 8.74. The first-order valence-electron chi connectivity index (χ1n) is 3.92. The lowest BCUT2D eigenvalue weighted by Gasteiger charge is -2.09. The molecule has 0 saturated heterocycles. The van der Waals surface area contributed by atoms with E-state index in [1.54, 1.807) is 0 Å². The highest BCUT2D eigenvalue weighted by Crippen LogP contribution is 1.93. The van der Waals surface area contributed by atoms with E-state index in [1.165, 1.54) is 0 Å². The van der Waals surface area contributed by atoms with E-state index >= 15 is 0 Å². The molecule has 0 aliphatic carbocycles. The molecule has 0 aromatic heterocycles. The molecule has 0 spiro atoms. The van der Waals surface area contributed by atoms with Gasteiger partial charge in [0.2, 0.25) is 6.29 Å². The average molecular weight is 177 g/mol. The van der Waals surface area contributed by atoms with Gasteiger partial charge in [-0.15, -0.1) is 0 Å². The van der Waals surface area contributed by atoms with Crippen molar-refractivity contribution in [2.45, 2.75) is 26.1 Å². The van der Waals surface area contributed by atoms with Crippen LogP contribution < -0.4 is 5.73 Å². The zero-order valence-electron chi connectivity index (χ0n) is 7.16. The van der Waals surface area contributed by atoms with Crippen molar-refractivity contribution in [3.63, 3.8) is 0 Å². The normalized spacial score (nSPS) is 12.2. The van der Waals surface area contributed by atoms with E-state index < -0.39 is 12.4 Å². The molecule has 0 aliphatic heterocycles. The Balaban J connectivity index is 3.33. The number of hydrogen-bond acceptors (Lipinski definition) is 5. The highest BCUT2D eigenvalue weighted by atomic mass is 16.8. The van der Waals surface area contributed by atoms with E-state index in [-0.39, 0.29) is 6.54 Å². The molecule has 0 saturated carbocycles. The Morgan fingerprint density at radius 3 is 2.83 bits per heavy atom. The van der Waals surface area contributed by atoms with Crippen LogP contribution in [-0.2, 0) is 9.47 Å². The molecule has 0 amide bonds. The number of rotatable bonds is 5. The largest absolute Gasteiger partial charge is 0.510 e. The number of nitrogens with two attached hydrogens (primary N) is 1. The molecular formula is C7H15NO4. The first-order valence-corrected chi connectivity index (χ1v) is 3.92. The van der Waals surface area contributed by atoms with E-state index in [4.69, 9.17) is 10.8 Å². The van der Waals surface area contributed by atoms with Crippen molar-refractivity contribution in [3.05, 3.63) is 0 Å². The second-order valence-corrected chi connectivity index (χ2v) is 2.26. The Bertz CT molecular complexity index is 129. The van der Waals surface area contributed by atoms with E-state index in [9.17, 15) is 4.79 Å². The molecule has 0 aliphatic rings. The minimum Gasteiger partial charge on any atom is -0.434 e. The van der Waals surface area contributed by atoms with Gasteiger partial charge >= 0.3 is 6.16 Å². The van der Waals surface area contributed by atoms with Crippen molar-refractivity contribution in [3.8, 4) is 0 Å². The lowest BCUT2D eigenvalue weighted by molar-refractivity contribution is -0.0737. The van der Waals surface area contributed by atoms with Crippen molar-refractivity contribution in [1.82, 2.24) is 0 Å². The zero-order valence-corrected chi connectivity index (χ0v) is 7.16. The monoisotopic (exact) mass is 177 g/mol. The SMILES string of the molecule is CCCCOC(=O)OC(O)CN. The van der Waals surface area contributed by atoms with E-state index in [2.05, 4.69) is 9.47 Å². The molecular weight excluding hydrogens is 162 g/mol. The second kappa shape index (κ2) is 6.87. The molecule has 0 fully saturated rings. The topological polar surface area (TPSA) is 81.8 Å². The zero-order chi connectivity index (χ0) is 9.40. The molecule has 0 bridgehead atoms. The summed E-state index contributed by atoms with van der Waals surface area (Å²) in [5.41, 5.74) is 4.99. The van der Waals surface area contributed by atoms with Gasteiger partial charge in [-0.3, -0.25) is 0 Å². The van der Waals surface area contributed by atoms with Gasteiger partial charge < -0.3 is 20.3 Å². The summed E-state index contributed by atoms with van der Waals surface area (Å²) < 4.78 is 8.89. The maximum atomic E-state index is 10.6. The van der Waals surface area contributed by atoms with Crippen LogP contribution in [0.15, 0.2) is 0 Å². The molecule has 1 atom stereocenters. The number of carbonyl (C=O) groups excluding carboxylic acids is 1. The Labute approximate surface area is 71.5 Å². The van der Waals surface area contributed by atoms with Crippen LogP contribution in [0.5, 0.6) is 0 Å². The van der Waals surface area contributed by atoms with Gasteiger partial charge in [-0.05, 0) is 6.42 Å². The number of unbranched alkanes of at least 4 members (excludes halogenated alkanes) is 1. The van der Waals surface area contributed by atoms with E-state index in [1.807, 2.05) is 6.92 Å². The van der Waals surface area contributed by atoms with Crippen molar-refractivity contribution in [2.75, 3.05) is 13.2 Å². The molecule has 0 radical (unpaired) electrons. The van der Waals surface area contributed by atoms with Crippen LogP contribution in [0.2, 0.25) is 0 Å². The standard InChI is InChI=1S/C7H15NO4/c1-2-3-4-11-7(10)12-6(9)5-8/h6,9H,2-5,8H2,1H3. The van der Waals surface area contributed by atoms with Gasteiger partial charge in [-0.25, -0.2) is 4.79 Å². The van der Waals surface area contributed by atoms with E-state index in [0.29, 0.717) is 6.61 Å². The minimum atomic E-state index is -1.26. The number of hydrogen-bond donors (Lipinski definition) is 2. The maximum Gasteiger partial charge on any atom is 0.510 e. The Kier molecular flexibility index (Phi) is 6.41. The van der Waals surface area contributed by atoms with Crippen LogP contribution in [0.3, 0.4) is 0 Å².